The number of nitrogens with one attached hydrogen (secondary N) is 1. The molecule has 0 saturated carbocycles. The Morgan fingerprint density at radius 1 is 1.00 bits per heavy atom. The van der Waals surface area contributed by atoms with E-state index < -0.39 is 12.3 Å². The fourth-order valence-electron chi connectivity index (χ4n) is 4.03. The lowest BCUT2D eigenvalue weighted by molar-refractivity contribution is 0.0241. The number of halogens is 2. The van der Waals surface area contributed by atoms with Gasteiger partial charge in [0, 0.05) is 11.1 Å². The van der Waals surface area contributed by atoms with E-state index in [9.17, 15) is 13.9 Å². The van der Waals surface area contributed by atoms with E-state index in [2.05, 4.69) is 22.5 Å². The van der Waals surface area contributed by atoms with Gasteiger partial charge in [0.2, 0.25) is 0 Å². The highest BCUT2D eigenvalue weighted by Crippen LogP contribution is 2.29. The molecule has 4 aromatic rings. The minimum Gasteiger partial charge on any atom is -0.381 e. The van der Waals surface area contributed by atoms with E-state index in [0.717, 1.165) is 39.0 Å². The first-order valence-electron chi connectivity index (χ1n) is 10.1. The molecule has 3 aromatic carbocycles. The van der Waals surface area contributed by atoms with E-state index in [1.165, 1.54) is 12.1 Å². The molecule has 0 bridgehead atoms. The molecule has 4 rings (SSSR count). The number of benzene rings is 3. The summed E-state index contributed by atoms with van der Waals surface area (Å²) in [7, 11) is 0. The highest BCUT2D eigenvalue weighted by molar-refractivity contribution is 5.81. The van der Waals surface area contributed by atoms with E-state index in [-0.39, 0.29) is 12.4 Å². The van der Waals surface area contributed by atoms with Crippen LogP contribution in [0.3, 0.4) is 0 Å². The van der Waals surface area contributed by atoms with Crippen molar-refractivity contribution in [3.63, 3.8) is 0 Å². The van der Waals surface area contributed by atoms with Gasteiger partial charge in [0.05, 0.1) is 23.9 Å². The van der Waals surface area contributed by atoms with Gasteiger partial charge >= 0.3 is 0 Å². The number of anilines is 1. The van der Waals surface area contributed by atoms with Crippen LogP contribution in [0, 0.1) is 26.6 Å². The quantitative estimate of drug-likeness (QED) is 0.441. The minimum atomic E-state index is -1.68. The number of aliphatic hydroxyl groups is 1. The highest BCUT2D eigenvalue weighted by atomic mass is 19.1. The number of fused-ring (bicyclic) bond motifs is 1. The van der Waals surface area contributed by atoms with Gasteiger partial charge in [-0.05, 0) is 73.9 Å². The molecule has 0 saturated heterocycles. The summed E-state index contributed by atoms with van der Waals surface area (Å²) in [6.45, 7) is 5.12. The van der Waals surface area contributed by atoms with Crippen LogP contribution in [0.25, 0.3) is 16.6 Å². The molecule has 31 heavy (non-hydrogen) atoms. The van der Waals surface area contributed by atoms with Gasteiger partial charge in [0.25, 0.3) is 0 Å². The SMILES string of the molecule is Cc1cc(C)c(NCC(O)(CF)c2ccc3c(cnn3-c3ccc(F)cc3)c2)c(C)c1. The summed E-state index contributed by atoms with van der Waals surface area (Å²) in [4.78, 5) is 0. The van der Waals surface area contributed by atoms with Gasteiger partial charge in [-0.25, -0.2) is 13.5 Å². The lowest BCUT2D eigenvalue weighted by atomic mass is 9.93. The molecule has 0 aliphatic carbocycles. The predicted octanol–water partition coefficient (Wildman–Crippen LogP) is 5.36. The van der Waals surface area contributed by atoms with Crippen LogP contribution >= 0.6 is 0 Å². The molecule has 0 fully saturated rings. The van der Waals surface area contributed by atoms with E-state index in [1.807, 2.05) is 20.8 Å². The first-order valence-corrected chi connectivity index (χ1v) is 10.1. The van der Waals surface area contributed by atoms with Crippen LogP contribution < -0.4 is 5.32 Å². The molecular formula is C25H25F2N3O. The molecule has 4 nitrogen and oxygen atoms in total. The van der Waals surface area contributed by atoms with Crippen molar-refractivity contribution < 1.29 is 13.9 Å². The zero-order valence-corrected chi connectivity index (χ0v) is 17.8. The van der Waals surface area contributed by atoms with Gasteiger partial charge < -0.3 is 10.4 Å². The fraction of sp³-hybridized carbons (Fsp3) is 0.240. The molecule has 160 valence electrons. The fourth-order valence-corrected chi connectivity index (χ4v) is 4.03. The van der Waals surface area contributed by atoms with Crippen LogP contribution in [0.5, 0.6) is 0 Å². The Bertz CT molecular complexity index is 1210. The van der Waals surface area contributed by atoms with E-state index in [0.29, 0.717) is 5.56 Å². The minimum absolute atomic E-state index is 0.0336. The first kappa shape index (κ1) is 21.0. The smallest absolute Gasteiger partial charge is 0.135 e. The summed E-state index contributed by atoms with van der Waals surface area (Å²) in [6.07, 6.45) is 1.66. The third-order valence-electron chi connectivity index (χ3n) is 5.63. The molecule has 1 aromatic heterocycles. The van der Waals surface area contributed by atoms with Gasteiger partial charge in [-0.2, -0.15) is 5.10 Å². The predicted molar refractivity (Wildman–Crippen MR) is 120 cm³/mol. The summed E-state index contributed by atoms with van der Waals surface area (Å²) in [5, 5.41) is 19.5. The first-order chi connectivity index (χ1) is 14.8. The van der Waals surface area contributed by atoms with Crippen LogP contribution in [0.2, 0.25) is 0 Å². The van der Waals surface area contributed by atoms with E-state index in [4.69, 9.17) is 0 Å². The Balaban J connectivity index is 1.63. The van der Waals surface area contributed by atoms with Crippen molar-refractivity contribution >= 4 is 16.6 Å². The average Bonchev–Trinajstić information content (AvgIpc) is 3.16. The lowest BCUT2D eigenvalue weighted by Crippen LogP contribution is -2.36. The van der Waals surface area contributed by atoms with Gasteiger partial charge in [-0.3, -0.25) is 0 Å². The second kappa shape index (κ2) is 8.12. The van der Waals surface area contributed by atoms with Gasteiger partial charge in [0.15, 0.2) is 0 Å². The summed E-state index contributed by atoms with van der Waals surface area (Å²) < 4.78 is 29.0. The van der Waals surface area contributed by atoms with Crippen molar-refractivity contribution in [1.29, 1.82) is 0 Å². The number of rotatable bonds is 6. The van der Waals surface area contributed by atoms with Crippen molar-refractivity contribution in [2.24, 2.45) is 0 Å². The van der Waals surface area contributed by atoms with Crippen LogP contribution in [-0.4, -0.2) is 28.1 Å². The lowest BCUT2D eigenvalue weighted by Gasteiger charge is -2.27. The molecule has 1 atom stereocenters. The van der Waals surface area contributed by atoms with Crippen LogP contribution in [0.1, 0.15) is 22.3 Å². The zero-order valence-electron chi connectivity index (χ0n) is 17.8. The molecular weight excluding hydrogens is 396 g/mol. The van der Waals surface area contributed by atoms with E-state index >= 15 is 0 Å². The average molecular weight is 421 g/mol. The topological polar surface area (TPSA) is 50.1 Å². The third kappa shape index (κ3) is 4.03. The van der Waals surface area contributed by atoms with Crippen molar-refractivity contribution in [3.05, 3.63) is 88.9 Å². The molecule has 2 N–H and O–H groups in total. The monoisotopic (exact) mass is 421 g/mol. The van der Waals surface area contributed by atoms with Crippen LogP contribution in [-0.2, 0) is 5.60 Å². The highest BCUT2D eigenvalue weighted by Gasteiger charge is 2.30. The van der Waals surface area contributed by atoms with E-state index in [1.54, 1.807) is 41.2 Å². The molecule has 1 unspecified atom stereocenters. The van der Waals surface area contributed by atoms with Crippen molar-refractivity contribution in [2.75, 3.05) is 18.5 Å². The number of nitrogens with zero attached hydrogens (tertiary/aromatic N) is 2. The van der Waals surface area contributed by atoms with Crippen LogP contribution in [0.15, 0.2) is 60.8 Å². The largest absolute Gasteiger partial charge is 0.381 e. The maximum Gasteiger partial charge on any atom is 0.135 e. The second-order valence-electron chi connectivity index (χ2n) is 8.10. The van der Waals surface area contributed by atoms with Gasteiger partial charge in [-0.15, -0.1) is 0 Å². The molecule has 1 heterocycles. The molecule has 0 aliphatic rings. The molecule has 6 heteroatoms. The number of hydrogen-bond donors (Lipinski definition) is 2. The summed E-state index contributed by atoms with van der Waals surface area (Å²) >= 11 is 0. The summed E-state index contributed by atoms with van der Waals surface area (Å²) in [5.74, 6) is -0.318. The third-order valence-corrected chi connectivity index (χ3v) is 5.63. The Morgan fingerprint density at radius 2 is 1.68 bits per heavy atom. The maximum absolute atomic E-state index is 14.1. The Kier molecular flexibility index (Phi) is 5.50. The number of alkyl halides is 1. The van der Waals surface area contributed by atoms with Crippen molar-refractivity contribution in [2.45, 2.75) is 26.4 Å². The van der Waals surface area contributed by atoms with Gasteiger partial charge in [0.1, 0.15) is 18.1 Å². The van der Waals surface area contributed by atoms with Crippen LogP contribution in [0.4, 0.5) is 14.5 Å². The number of aromatic nitrogens is 2. The molecule has 0 aliphatic heterocycles. The Hall–Kier alpha value is -3.25. The van der Waals surface area contributed by atoms with Crippen molar-refractivity contribution in [1.82, 2.24) is 9.78 Å². The van der Waals surface area contributed by atoms with Gasteiger partial charge in [-0.1, -0.05) is 23.8 Å². The number of aryl methyl sites for hydroxylation is 3. The normalized spacial score (nSPS) is 13.4. The summed E-state index contributed by atoms with van der Waals surface area (Å²) in [5.41, 5.74) is 4.45. The zero-order chi connectivity index (χ0) is 22.2. The van der Waals surface area contributed by atoms with Crippen molar-refractivity contribution in [3.8, 4) is 5.69 Å². The maximum atomic E-state index is 14.1. The molecule has 0 amide bonds. The Morgan fingerprint density at radius 3 is 2.32 bits per heavy atom. The number of hydrogen-bond acceptors (Lipinski definition) is 3. The summed E-state index contributed by atoms with van der Waals surface area (Å²) in [6, 6.07) is 15.4. The standard InChI is InChI=1S/C25H25F2N3O/c1-16-10-17(2)24(18(3)11-16)28-15-25(31,14-26)20-4-9-23-19(12-20)13-29-30(23)22-7-5-21(27)6-8-22/h4-13,28,31H,14-15H2,1-3H3. The molecule has 0 spiro atoms. The second-order valence-corrected chi connectivity index (χ2v) is 8.10. The Labute approximate surface area is 180 Å². The molecule has 0 radical (unpaired) electrons.